The summed E-state index contributed by atoms with van der Waals surface area (Å²) in [6.07, 6.45) is 2.20. The maximum Gasteiger partial charge on any atom is 0.120 e. The van der Waals surface area contributed by atoms with Gasteiger partial charge >= 0.3 is 0 Å². The van der Waals surface area contributed by atoms with Gasteiger partial charge in [0.15, 0.2) is 0 Å². The van der Waals surface area contributed by atoms with Crippen LogP contribution in [0.3, 0.4) is 0 Å². The van der Waals surface area contributed by atoms with Crippen LogP contribution in [0.2, 0.25) is 0 Å². The van der Waals surface area contributed by atoms with Crippen LogP contribution in [0.5, 0.6) is 11.5 Å². The zero-order valence-electron chi connectivity index (χ0n) is 14.1. The number of nitrogens with zero attached hydrogens (tertiary/aromatic N) is 2. The molecule has 1 heterocycles. The molecule has 0 saturated carbocycles. The van der Waals surface area contributed by atoms with E-state index < -0.39 is 0 Å². The van der Waals surface area contributed by atoms with Crippen molar-refractivity contribution < 1.29 is 10.2 Å². The number of benzene rings is 2. The molecule has 0 unspecified atom stereocenters. The van der Waals surface area contributed by atoms with Crippen LogP contribution >= 0.6 is 0 Å². The quantitative estimate of drug-likeness (QED) is 0.906. The minimum absolute atomic E-state index is 0.390. The lowest BCUT2D eigenvalue weighted by Crippen LogP contribution is -2.36. The molecule has 1 fully saturated rings. The van der Waals surface area contributed by atoms with Crippen LogP contribution in [0.1, 0.15) is 24.0 Å². The van der Waals surface area contributed by atoms with Crippen molar-refractivity contribution in [3.63, 3.8) is 0 Å². The van der Waals surface area contributed by atoms with Gasteiger partial charge in [0.1, 0.15) is 11.5 Å². The van der Waals surface area contributed by atoms with E-state index in [0.717, 1.165) is 63.2 Å². The molecule has 2 N–H and O–H groups in total. The van der Waals surface area contributed by atoms with Crippen LogP contribution in [-0.4, -0.2) is 46.2 Å². The van der Waals surface area contributed by atoms with Gasteiger partial charge in [0, 0.05) is 24.2 Å². The summed E-state index contributed by atoms with van der Waals surface area (Å²) >= 11 is 0. The van der Waals surface area contributed by atoms with Gasteiger partial charge in [-0.05, 0) is 51.2 Å². The van der Waals surface area contributed by atoms with Gasteiger partial charge in [0.05, 0.1) is 0 Å². The second kappa shape index (κ2) is 8.18. The van der Waals surface area contributed by atoms with Crippen molar-refractivity contribution in [1.29, 1.82) is 0 Å². The van der Waals surface area contributed by atoms with E-state index in [2.05, 4.69) is 9.80 Å². The molecule has 2 aromatic rings. The van der Waals surface area contributed by atoms with Gasteiger partial charge in [-0.15, -0.1) is 0 Å². The molecular weight excluding hydrogens is 300 g/mol. The summed E-state index contributed by atoms with van der Waals surface area (Å²) in [6.45, 7) is 5.76. The van der Waals surface area contributed by atoms with Crippen LogP contribution in [0.15, 0.2) is 48.5 Å². The van der Waals surface area contributed by atoms with Gasteiger partial charge in [0.25, 0.3) is 0 Å². The van der Waals surface area contributed by atoms with Crippen molar-refractivity contribution in [2.75, 3.05) is 26.2 Å². The molecule has 0 amide bonds. The summed E-state index contributed by atoms with van der Waals surface area (Å²) in [7, 11) is 0. The molecule has 4 heteroatoms. The van der Waals surface area contributed by atoms with Crippen LogP contribution < -0.4 is 0 Å². The van der Waals surface area contributed by atoms with Crippen molar-refractivity contribution in [1.82, 2.24) is 9.80 Å². The van der Waals surface area contributed by atoms with E-state index in [1.54, 1.807) is 12.1 Å². The van der Waals surface area contributed by atoms with Crippen LogP contribution in [0.4, 0.5) is 0 Å². The third-order valence-electron chi connectivity index (χ3n) is 4.67. The fraction of sp³-hybridized carbons (Fsp3) is 0.400. The lowest BCUT2D eigenvalue weighted by atomic mass is 10.1. The standard InChI is InChI=1S/C20H26N2O2/c23-19-9-3-1-7-17(19)15-21-11-5-13-22(14-6-12-21)16-18-8-2-4-10-20(18)24/h1-4,7-10,23-24H,5-6,11-16H2. The van der Waals surface area contributed by atoms with Crippen LogP contribution in [0, 0.1) is 0 Å². The van der Waals surface area contributed by atoms with Crippen molar-refractivity contribution in [2.24, 2.45) is 0 Å². The van der Waals surface area contributed by atoms with E-state index in [9.17, 15) is 10.2 Å². The first kappa shape index (κ1) is 16.8. The zero-order chi connectivity index (χ0) is 16.8. The molecule has 0 radical (unpaired) electrons. The number of aromatic hydroxyl groups is 2. The summed E-state index contributed by atoms with van der Waals surface area (Å²) in [4.78, 5) is 4.85. The molecule has 4 nitrogen and oxygen atoms in total. The van der Waals surface area contributed by atoms with Crippen molar-refractivity contribution in [2.45, 2.75) is 25.9 Å². The molecule has 1 saturated heterocycles. The Morgan fingerprint density at radius 2 is 1.00 bits per heavy atom. The molecule has 0 aromatic heterocycles. The van der Waals surface area contributed by atoms with Crippen molar-refractivity contribution in [3.8, 4) is 11.5 Å². The smallest absolute Gasteiger partial charge is 0.120 e. The summed E-state index contributed by atoms with van der Waals surface area (Å²) in [5.74, 6) is 0.779. The molecule has 0 spiro atoms. The van der Waals surface area contributed by atoms with Crippen molar-refractivity contribution in [3.05, 3.63) is 59.7 Å². The van der Waals surface area contributed by atoms with Gasteiger partial charge in [-0.25, -0.2) is 0 Å². The predicted octanol–water partition coefficient (Wildman–Crippen LogP) is 3.20. The van der Waals surface area contributed by atoms with Gasteiger partial charge < -0.3 is 10.2 Å². The first-order valence-corrected chi connectivity index (χ1v) is 8.71. The first-order valence-electron chi connectivity index (χ1n) is 8.71. The number of rotatable bonds is 4. The second-order valence-corrected chi connectivity index (χ2v) is 6.52. The average Bonchev–Trinajstić information content (AvgIpc) is 2.56. The third-order valence-corrected chi connectivity index (χ3v) is 4.67. The van der Waals surface area contributed by atoms with E-state index in [1.165, 1.54) is 0 Å². The SMILES string of the molecule is Oc1ccccc1CN1CCCN(Cc2ccccc2O)CCC1. The van der Waals surface area contributed by atoms with E-state index >= 15 is 0 Å². The Labute approximate surface area is 144 Å². The number of hydrogen-bond acceptors (Lipinski definition) is 4. The molecule has 128 valence electrons. The Morgan fingerprint density at radius 3 is 1.38 bits per heavy atom. The van der Waals surface area contributed by atoms with Gasteiger partial charge in [0.2, 0.25) is 0 Å². The number of phenolic OH excluding ortho intramolecular Hbond substituents is 2. The minimum atomic E-state index is 0.390. The molecule has 0 bridgehead atoms. The topological polar surface area (TPSA) is 46.9 Å². The highest BCUT2D eigenvalue weighted by molar-refractivity contribution is 5.32. The maximum absolute atomic E-state index is 9.94. The summed E-state index contributed by atoms with van der Waals surface area (Å²) in [5.41, 5.74) is 2.01. The zero-order valence-corrected chi connectivity index (χ0v) is 14.1. The Morgan fingerprint density at radius 1 is 0.625 bits per heavy atom. The molecule has 24 heavy (non-hydrogen) atoms. The summed E-state index contributed by atoms with van der Waals surface area (Å²) in [6, 6.07) is 15.2. The van der Waals surface area contributed by atoms with E-state index in [1.807, 2.05) is 36.4 Å². The number of phenols is 2. The highest BCUT2D eigenvalue weighted by atomic mass is 16.3. The molecule has 0 aliphatic carbocycles. The van der Waals surface area contributed by atoms with Gasteiger partial charge in [-0.2, -0.15) is 0 Å². The maximum atomic E-state index is 9.94. The summed E-state index contributed by atoms with van der Waals surface area (Å²) in [5, 5.41) is 19.9. The first-order chi connectivity index (χ1) is 11.7. The third kappa shape index (κ3) is 4.49. The summed E-state index contributed by atoms with van der Waals surface area (Å²) < 4.78 is 0. The highest BCUT2D eigenvalue weighted by Crippen LogP contribution is 2.21. The lowest BCUT2D eigenvalue weighted by molar-refractivity contribution is 0.171. The van der Waals surface area contributed by atoms with Gasteiger partial charge in [-0.1, -0.05) is 36.4 Å². The molecule has 2 aromatic carbocycles. The van der Waals surface area contributed by atoms with Crippen molar-refractivity contribution >= 4 is 0 Å². The van der Waals surface area contributed by atoms with E-state index in [-0.39, 0.29) is 0 Å². The van der Waals surface area contributed by atoms with Crippen LogP contribution in [0.25, 0.3) is 0 Å². The Kier molecular flexibility index (Phi) is 5.72. The minimum Gasteiger partial charge on any atom is -0.508 e. The second-order valence-electron chi connectivity index (χ2n) is 6.52. The largest absolute Gasteiger partial charge is 0.508 e. The monoisotopic (exact) mass is 326 g/mol. The molecular formula is C20H26N2O2. The molecule has 1 aliphatic heterocycles. The van der Waals surface area contributed by atoms with Crippen LogP contribution in [-0.2, 0) is 13.1 Å². The number of hydrogen-bond donors (Lipinski definition) is 2. The Bertz CT molecular complexity index is 594. The molecule has 0 atom stereocenters. The predicted molar refractivity (Wildman–Crippen MR) is 96.0 cm³/mol. The normalized spacial score (nSPS) is 17.3. The Balaban J connectivity index is 1.52. The highest BCUT2D eigenvalue weighted by Gasteiger charge is 2.15. The van der Waals surface area contributed by atoms with Gasteiger partial charge in [-0.3, -0.25) is 9.80 Å². The fourth-order valence-corrected chi connectivity index (χ4v) is 3.35. The van der Waals surface area contributed by atoms with E-state index in [0.29, 0.717) is 11.5 Å². The number of para-hydroxylation sites is 2. The van der Waals surface area contributed by atoms with E-state index in [4.69, 9.17) is 0 Å². The molecule has 1 aliphatic rings. The fourth-order valence-electron chi connectivity index (χ4n) is 3.35. The lowest BCUT2D eigenvalue weighted by Gasteiger charge is -2.30. The Hall–Kier alpha value is -2.04. The molecule has 3 rings (SSSR count). The average molecular weight is 326 g/mol.